The number of benzene rings is 3. The molecule has 140 valence electrons. The highest BCUT2D eigenvalue weighted by Crippen LogP contribution is 2.27. The van der Waals surface area contributed by atoms with Crippen molar-refractivity contribution in [3.05, 3.63) is 102 Å². The van der Waals surface area contributed by atoms with Gasteiger partial charge in [-0.05, 0) is 49.7 Å². The molecule has 4 aromatic rings. The Bertz CT molecular complexity index is 1110. The van der Waals surface area contributed by atoms with Crippen LogP contribution in [-0.4, -0.2) is 9.78 Å². The Morgan fingerprint density at radius 2 is 1.75 bits per heavy atom. The highest BCUT2D eigenvalue weighted by Gasteiger charge is 2.13. The van der Waals surface area contributed by atoms with E-state index >= 15 is 0 Å². The molecule has 0 bridgehead atoms. The molecular weight excluding hydrogens is 349 g/mol. The van der Waals surface area contributed by atoms with Crippen LogP contribution in [0.4, 0.5) is 4.39 Å². The minimum atomic E-state index is -0.254. The molecule has 0 aliphatic carbocycles. The van der Waals surface area contributed by atoms with Crippen molar-refractivity contribution in [1.82, 2.24) is 15.1 Å². The van der Waals surface area contributed by atoms with Gasteiger partial charge in [-0.25, -0.2) is 9.07 Å². The van der Waals surface area contributed by atoms with Gasteiger partial charge in [0.1, 0.15) is 5.82 Å². The van der Waals surface area contributed by atoms with Crippen molar-refractivity contribution >= 4 is 16.6 Å². The maximum Gasteiger partial charge on any atom is 0.123 e. The van der Waals surface area contributed by atoms with Gasteiger partial charge in [-0.3, -0.25) is 0 Å². The number of allylic oxidation sites excluding steroid dienone is 1. The minimum Gasteiger partial charge on any atom is -0.378 e. The van der Waals surface area contributed by atoms with Crippen molar-refractivity contribution in [3.63, 3.8) is 0 Å². The minimum absolute atomic E-state index is 0.176. The topological polar surface area (TPSA) is 29.9 Å². The molecule has 1 heterocycles. The molecule has 0 aliphatic heterocycles. The largest absolute Gasteiger partial charge is 0.378 e. The number of aromatic nitrogens is 2. The second-order valence-corrected chi connectivity index (χ2v) is 6.75. The Hall–Kier alpha value is -3.40. The summed E-state index contributed by atoms with van der Waals surface area (Å²) in [7, 11) is 0. The monoisotopic (exact) mass is 371 g/mol. The summed E-state index contributed by atoms with van der Waals surface area (Å²) in [5, 5.41) is 9.22. The molecule has 0 saturated carbocycles. The average Bonchev–Trinajstić information content (AvgIpc) is 3.17. The molecule has 4 heteroatoms. The molecule has 0 amide bonds. The quantitative estimate of drug-likeness (QED) is 0.475. The van der Waals surface area contributed by atoms with E-state index in [0.29, 0.717) is 0 Å². The molecule has 0 fully saturated rings. The summed E-state index contributed by atoms with van der Waals surface area (Å²) >= 11 is 0. The van der Waals surface area contributed by atoms with E-state index in [1.165, 1.54) is 17.7 Å². The first-order valence-corrected chi connectivity index (χ1v) is 9.38. The van der Waals surface area contributed by atoms with Crippen LogP contribution < -0.4 is 5.32 Å². The lowest BCUT2D eigenvalue weighted by atomic mass is 10.0. The van der Waals surface area contributed by atoms with E-state index in [1.54, 1.807) is 12.1 Å². The Labute approximate surface area is 164 Å². The second kappa shape index (κ2) is 7.69. The lowest BCUT2D eigenvalue weighted by Gasteiger charge is -2.19. The highest BCUT2D eigenvalue weighted by atomic mass is 19.1. The maximum absolute atomic E-state index is 13.3. The van der Waals surface area contributed by atoms with Crippen LogP contribution in [0.2, 0.25) is 0 Å². The summed E-state index contributed by atoms with van der Waals surface area (Å²) in [5.74, 6) is -0.254. The summed E-state index contributed by atoms with van der Waals surface area (Å²) in [4.78, 5) is 0. The summed E-state index contributed by atoms with van der Waals surface area (Å²) in [6.07, 6.45) is 3.95. The van der Waals surface area contributed by atoms with Crippen LogP contribution >= 0.6 is 0 Å². The van der Waals surface area contributed by atoms with Crippen molar-refractivity contribution in [2.24, 2.45) is 0 Å². The zero-order valence-electron chi connectivity index (χ0n) is 15.9. The molecule has 0 aliphatic rings. The van der Waals surface area contributed by atoms with E-state index in [0.717, 1.165) is 27.9 Å². The van der Waals surface area contributed by atoms with Crippen molar-refractivity contribution in [2.45, 2.75) is 19.9 Å². The maximum atomic E-state index is 13.3. The van der Waals surface area contributed by atoms with Gasteiger partial charge in [-0.15, -0.1) is 0 Å². The number of nitrogens with zero attached hydrogens (tertiary/aromatic N) is 2. The van der Waals surface area contributed by atoms with Gasteiger partial charge in [0.25, 0.3) is 0 Å². The van der Waals surface area contributed by atoms with E-state index in [4.69, 9.17) is 0 Å². The summed E-state index contributed by atoms with van der Waals surface area (Å²) in [6.45, 7) is 4.18. The van der Waals surface area contributed by atoms with E-state index < -0.39 is 0 Å². The van der Waals surface area contributed by atoms with Gasteiger partial charge in [0.05, 0.1) is 17.4 Å². The lowest BCUT2D eigenvalue weighted by Crippen LogP contribution is -2.17. The van der Waals surface area contributed by atoms with Gasteiger partial charge in [-0.1, -0.05) is 48.5 Å². The molecule has 0 spiro atoms. The molecule has 1 unspecified atom stereocenters. The molecule has 0 saturated heterocycles. The standard InChI is InChI=1S/C24H22FN3/c1-3-23(27-17(2)18-8-5-4-6-9-18)21-10-7-11-24-22(21)16-26-28(24)20-14-12-19(25)13-15-20/h3-17,27H,1-2H3/b23-3-. The van der Waals surface area contributed by atoms with Crippen molar-refractivity contribution in [1.29, 1.82) is 0 Å². The van der Waals surface area contributed by atoms with Gasteiger partial charge in [0, 0.05) is 22.7 Å². The van der Waals surface area contributed by atoms with Crippen molar-refractivity contribution in [2.75, 3.05) is 0 Å². The van der Waals surface area contributed by atoms with Crippen molar-refractivity contribution < 1.29 is 4.39 Å². The Kier molecular flexibility index (Phi) is 4.94. The van der Waals surface area contributed by atoms with Crippen LogP contribution in [0.5, 0.6) is 0 Å². The van der Waals surface area contributed by atoms with Crippen LogP contribution in [0, 0.1) is 5.82 Å². The number of hydrogen-bond donors (Lipinski definition) is 1. The fraction of sp³-hybridized carbons (Fsp3) is 0.125. The van der Waals surface area contributed by atoms with Crippen molar-refractivity contribution in [3.8, 4) is 5.69 Å². The van der Waals surface area contributed by atoms with Gasteiger partial charge in [0.2, 0.25) is 0 Å². The average molecular weight is 371 g/mol. The van der Waals surface area contributed by atoms with Gasteiger partial charge >= 0.3 is 0 Å². The Balaban J connectivity index is 1.71. The van der Waals surface area contributed by atoms with E-state index in [1.807, 2.05) is 36.0 Å². The fourth-order valence-electron chi connectivity index (χ4n) is 3.45. The molecule has 28 heavy (non-hydrogen) atoms. The molecule has 1 atom stereocenters. The molecule has 0 radical (unpaired) electrons. The summed E-state index contributed by atoms with van der Waals surface area (Å²) in [6, 6.07) is 23.1. The molecule has 1 N–H and O–H groups in total. The Morgan fingerprint density at radius 1 is 1.00 bits per heavy atom. The van der Waals surface area contributed by atoms with Crippen LogP contribution in [0.3, 0.4) is 0 Å². The smallest absolute Gasteiger partial charge is 0.123 e. The third-order valence-electron chi connectivity index (χ3n) is 4.94. The molecular formula is C24H22FN3. The van der Waals surface area contributed by atoms with Crippen LogP contribution in [0.15, 0.2) is 85.1 Å². The summed E-state index contributed by atoms with van der Waals surface area (Å²) in [5.41, 5.74) is 5.20. The van der Waals surface area contributed by atoms with Gasteiger partial charge < -0.3 is 5.32 Å². The fourth-order valence-corrected chi connectivity index (χ4v) is 3.45. The van der Waals surface area contributed by atoms with E-state index in [-0.39, 0.29) is 11.9 Å². The zero-order chi connectivity index (χ0) is 19.5. The third-order valence-corrected chi connectivity index (χ3v) is 4.94. The molecule has 4 rings (SSSR count). The van der Waals surface area contributed by atoms with Crippen LogP contribution in [0.1, 0.15) is 31.0 Å². The first-order valence-electron chi connectivity index (χ1n) is 9.38. The first-order chi connectivity index (χ1) is 13.7. The van der Waals surface area contributed by atoms with Gasteiger partial charge in [0.15, 0.2) is 0 Å². The predicted molar refractivity (Wildman–Crippen MR) is 113 cm³/mol. The Morgan fingerprint density at radius 3 is 2.46 bits per heavy atom. The third kappa shape index (κ3) is 3.41. The second-order valence-electron chi connectivity index (χ2n) is 6.75. The number of rotatable bonds is 5. The lowest BCUT2D eigenvalue weighted by molar-refractivity contribution is 0.627. The molecule has 3 nitrogen and oxygen atoms in total. The highest BCUT2D eigenvalue weighted by molar-refractivity contribution is 5.92. The summed E-state index contributed by atoms with van der Waals surface area (Å²) < 4.78 is 15.1. The first kappa shape index (κ1) is 18.0. The van der Waals surface area contributed by atoms with E-state index in [9.17, 15) is 4.39 Å². The van der Waals surface area contributed by atoms with Gasteiger partial charge in [-0.2, -0.15) is 5.10 Å². The van der Waals surface area contributed by atoms with Crippen LogP contribution in [-0.2, 0) is 0 Å². The SMILES string of the molecule is C/C=C(\NC(C)c1ccccc1)c1cccc2c1cnn2-c1ccc(F)cc1. The number of fused-ring (bicyclic) bond motifs is 1. The molecule has 1 aromatic heterocycles. The number of nitrogens with one attached hydrogen (secondary N) is 1. The van der Waals surface area contributed by atoms with E-state index in [2.05, 4.69) is 53.7 Å². The molecule has 3 aromatic carbocycles. The number of halogens is 1. The predicted octanol–water partition coefficient (Wildman–Crippen LogP) is 5.88. The number of hydrogen-bond acceptors (Lipinski definition) is 2. The normalized spacial score (nSPS) is 12.9. The van der Waals surface area contributed by atoms with Crippen LogP contribution in [0.25, 0.3) is 22.3 Å². The zero-order valence-corrected chi connectivity index (χ0v) is 15.9.